The summed E-state index contributed by atoms with van der Waals surface area (Å²) >= 11 is 0. The molecule has 0 N–H and O–H groups in total. The van der Waals surface area contributed by atoms with Gasteiger partial charge in [0.25, 0.3) is 0 Å². The van der Waals surface area contributed by atoms with E-state index in [9.17, 15) is 4.79 Å². The minimum atomic E-state index is 0.577. The molecule has 3 heteroatoms. The van der Waals surface area contributed by atoms with Gasteiger partial charge in [-0.25, -0.2) is 0 Å². The standard InChI is InChI=1S/C13H16O3/c1-3-16-12-7-9(8-14)10-5-4-6-11(10)13(12)15-2/h7-8H,3-6H2,1-2H3. The third-order valence-corrected chi connectivity index (χ3v) is 2.98. The van der Waals surface area contributed by atoms with Gasteiger partial charge in [0, 0.05) is 11.1 Å². The van der Waals surface area contributed by atoms with Crippen LogP contribution in [0.4, 0.5) is 0 Å². The maximum absolute atomic E-state index is 11.0. The Hall–Kier alpha value is -1.51. The maximum atomic E-state index is 11.0. The van der Waals surface area contributed by atoms with E-state index in [4.69, 9.17) is 9.47 Å². The van der Waals surface area contributed by atoms with Crippen LogP contribution in [0.1, 0.15) is 34.8 Å². The molecule has 3 nitrogen and oxygen atoms in total. The average molecular weight is 220 g/mol. The van der Waals surface area contributed by atoms with Crippen LogP contribution in [0.15, 0.2) is 6.07 Å². The van der Waals surface area contributed by atoms with Gasteiger partial charge in [0.2, 0.25) is 0 Å². The van der Waals surface area contributed by atoms with Crippen molar-refractivity contribution in [1.29, 1.82) is 0 Å². The van der Waals surface area contributed by atoms with Gasteiger partial charge in [0.05, 0.1) is 13.7 Å². The summed E-state index contributed by atoms with van der Waals surface area (Å²) in [5.74, 6) is 1.49. The molecule has 0 bridgehead atoms. The van der Waals surface area contributed by atoms with Crippen LogP contribution < -0.4 is 9.47 Å². The van der Waals surface area contributed by atoms with Crippen molar-refractivity contribution in [2.45, 2.75) is 26.2 Å². The van der Waals surface area contributed by atoms with Gasteiger partial charge in [-0.2, -0.15) is 0 Å². The first-order valence-electron chi connectivity index (χ1n) is 5.62. The quantitative estimate of drug-likeness (QED) is 0.731. The highest BCUT2D eigenvalue weighted by Crippen LogP contribution is 2.40. The van der Waals surface area contributed by atoms with Crippen LogP contribution in [0.2, 0.25) is 0 Å². The van der Waals surface area contributed by atoms with Crippen LogP contribution in [0.25, 0.3) is 0 Å². The minimum absolute atomic E-state index is 0.577. The Balaban J connectivity index is 2.58. The zero-order chi connectivity index (χ0) is 11.5. The Labute approximate surface area is 95.4 Å². The molecule has 0 amide bonds. The number of aldehydes is 1. The van der Waals surface area contributed by atoms with E-state index >= 15 is 0 Å². The highest BCUT2D eigenvalue weighted by molar-refractivity contribution is 5.81. The van der Waals surface area contributed by atoms with Crippen LogP contribution in [0.5, 0.6) is 11.5 Å². The van der Waals surface area contributed by atoms with Crippen LogP contribution in [0.3, 0.4) is 0 Å². The smallest absolute Gasteiger partial charge is 0.164 e. The molecular formula is C13H16O3. The number of carbonyl (C=O) groups excluding carboxylic acids is 1. The highest BCUT2D eigenvalue weighted by atomic mass is 16.5. The molecule has 0 atom stereocenters. The zero-order valence-corrected chi connectivity index (χ0v) is 9.71. The first-order valence-corrected chi connectivity index (χ1v) is 5.62. The molecule has 0 unspecified atom stereocenters. The van der Waals surface area contributed by atoms with Crippen molar-refractivity contribution in [3.8, 4) is 11.5 Å². The second kappa shape index (κ2) is 4.56. The van der Waals surface area contributed by atoms with Gasteiger partial charge in [0.1, 0.15) is 6.29 Å². The Morgan fingerprint density at radius 2 is 2.12 bits per heavy atom. The summed E-state index contributed by atoms with van der Waals surface area (Å²) in [5.41, 5.74) is 3.03. The van der Waals surface area contributed by atoms with Crippen LogP contribution >= 0.6 is 0 Å². The molecule has 1 aromatic carbocycles. The molecule has 1 aliphatic rings. The second-order valence-corrected chi connectivity index (χ2v) is 3.86. The van der Waals surface area contributed by atoms with Crippen LogP contribution in [0, 0.1) is 0 Å². The number of fused-ring (bicyclic) bond motifs is 1. The summed E-state index contributed by atoms with van der Waals surface area (Å²) in [5, 5.41) is 0. The van der Waals surface area contributed by atoms with E-state index in [1.807, 2.05) is 6.92 Å². The topological polar surface area (TPSA) is 35.5 Å². The summed E-state index contributed by atoms with van der Waals surface area (Å²) in [6, 6.07) is 1.79. The Bertz CT molecular complexity index is 410. The Morgan fingerprint density at radius 3 is 2.75 bits per heavy atom. The van der Waals surface area contributed by atoms with Crippen molar-refractivity contribution in [1.82, 2.24) is 0 Å². The normalized spacial score (nSPS) is 13.4. The number of rotatable bonds is 4. The van der Waals surface area contributed by atoms with E-state index in [0.717, 1.165) is 48.0 Å². The van der Waals surface area contributed by atoms with E-state index in [1.54, 1.807) is 13.2 Å². The lowest BCUT2D eigenvalue weighted by molar-refractivity contribution is 0.112. The number of hydrogen-bond acceptors (Lipinski definition) is 3. The van der Waals surface area contributed by atoms with Crippen molar-refractivity contribution in [3.05, 3.63) is 22.8 Å². The average Bonchev–Trinajstić information content (AvgIpc) is 2.77. The van der Waals surface area contributed by atoms with Crippen molar-refractivity contribution in [2.24, 2.45) is 0 Å². The lowest BCUT2D eigenvalue weighted by Gasteiger charge is -2.14. The van der Waals surface area contributed by atoms with Gasteiger partial charge in [-0.05, 0) is 37.8 Å². The summed E-state index contributed by atoms with van der Waals surface area (Å²) in [7, 11) is 1.65. The summed E-state index contributed by atoms with van der Waals surface area (Å²) in [6.07, 6.45) is 3.93. The van der Waals surface area contributed by atoms with Crippen LogP contribution in [-0.4, -0.2) is 20.0 Å². The Morgan fingerprint density at radius 1 is 1.38 bits per heavy atom. The molecule has 0 saturated heterocycles. The monoisotopic (exact) mass is 220 g/mol. The fraction of sp³-hybridized carbons (Fsp3) is 0.462. The molecule has 2 rings (SSSR count). The van der Waals surface area contributed by atoms with Gasteiger partial charge < -0.3 is 9.47 Å². The van der Waals surface area contributed by atoms with E-state index in [-0.39, 0.29) is 0 Å². The van der Waals surface area contributed by atoms with Crippen molar-refractivity contribution >= 4 is 6.29 Å². The number of benzene rings is 1. The van der Waals surface area contributed by atoms with E-state index in [0.29, 0.717) is 12.4 Å². The molecule has 86 valence electrons. The molecule has 0 aliphatic heterocycles. The predicted molar refractivity (Wildman–Crippen MR) is 61.6 cm³/mol. The number of methoxy groups -OCH3 is 1. The number of ether oxygens (including phenoxy) is 2. The zero-order valence-electron chi connectivity index (χ0n) is 9.71. The largest absolute Gasteiger partial charge is 0.493 e. The molecule has 16 heavy (non-hydrogen) atoms. The molecular weight excluding hydrogens is 204 g/mol. The minimum Gasteiger partial charge on any atom is -0.493 e. The Kier molecular flexibility index (Phi) is 3.13. The summed E-state index contributed by atoms with van der Waals surface area (Å²) in [6.45, 7) is 2.50. The van der Waals surface area contributed by atoms with E-state index in [2.05, 4.69) is 0 Å². The lowest BCUT2D eigenvalue weighted by Crippen LogP contribution is -2.01. The third-order valence-electron chi connectivity index (χ3n) is 2.98. The molecule has 0 heterocycles. The molecule has 0 aromatic heterocycles. The van der Waals surface area contributed by atoms with Crippen molar-refractivity contribution < 1.29 is 14.3 Å². The number of hydrogen-bond donors (Lipinski definition) is 0. The first-order chi connectivity index (χ1) is 7.81. The van der Waals surface area contributed by atoms with Gasteiger partial charge in [0.15, 0.2) is 11.5 Å². The summed E-state index contributed by atoms with van der Waals surface area (Å²) < 4.78 is 10.9. The van der Waals surface area contributed by atoms with Gasteiger partial charge in [-0.3, -0.25) is 4.79 Å². The first kappa shape index (κ1) is 11.0. The molecule has 1 aliphatic carbocycles. The number of carbonyl (C=O) groups is 1. The molecule has 0 saturated carbocycles. The van der Waals surface area contributed by atoms with Gasteiger partial charge in [-0.15, -0.1) is 0 Å². The summed E-state index contributed by atoms with van der Waals surface area (Å²) in [4.78, 5) is 11.0. The maximum Gasteiger partial charge on any atom is 0.164 e. The lowest BCUT2D eigenvalue weighted by atomic mass is 10.0. The molecule has 0 fully saturated rings. The van der Waals surface area contributed by atoms with Crippen molar-refractivity contribution in [2.75, 3.05) is 13.7 Å². The van der Waals surface area contributed by atoms with E-state index in [1.165, 1.54) is 0 Å². The van der Waals surface area contributed by atoms with Gasteiger partial charge in [-0.1, -0.05) is 0 Å². The highest BCUT2D eigenvalue weighted by Gasteiger charge is 2.23. The second-order valence-electron chi connectivity index (χ2n) is 3.86. The fourth-order valence-corrected chi connectivity index (χ4v) is 2.35. The SMILES string of the molecule is CCOc1cc(C=O)c2c(c1OC)CCC2. The predicted octanol–water partition coefficient (Wildman–Crippen LogP) is 2.40. The van der Waals surface area contributed by atoms with Crippen LogP contribution in [-0.2, 0) is 12.8 Å². The third kappa shape index (κ3) is 1.66. The van der Waals surface area contributed by atoms with Gasteiger partial charge >= 0.3 is 0 Å². The van der Waals surface area contributed by atoms with Crippen molar-refractivity contribution in [3.63, 3.8) is 0 Å². The van der Waals surface area contributed by atoms with E-state index < -0.39 is 0 Å². The fourth-order valence-electron chi connectivity index (χ4n) is 2.35. The molecule has 0 radical (unpaired) electrons. The molecule has 1 aromatic rings. The molecule has 0 spiro atoms.